The summed E-state index contributed by atoms with van der Waals surface area (Å²) in [6.07, 6.45) is 4.48. The molecule has 10 heteroatoms. The molecule has 0 radical (unpaired) electrons. The third-order valence-corrected chi connectivity index (χ3v) is 4.82. The van der Waals surface area contributed by atoms with Crippen molar-refractivity contribution in [2.75, 3.05) is 5.32 Å². The first kappa shape index (κ1) is 19.0. The number of nitrogens with two attached hydrogens (primary N) is 1. The van der Waals surface area contributed by atoms with Gasteiger partial charge in [-0.25, -0.2) is 18.7 Å². The minimum Gasteiger partial charge on any atom is -0.381 e. The Hall–Kier alpha value is -3.33. The SMILES string of the molecule is CC1(c2cc(NC(=O)c3ncc(Cl)cc3F)ccc2F)Cn2ccnc2C(N)=N1. The number of carbonyl (C=O) groups is 1. The molecule has 1 aliphatic rings. The number of amides is 1. The molecule has 148 valence electrons. The van der Waals surface area contributed by atoms with E-state index in [0.717, 1.165) is 6.07 Å². The van der Waals surface area contributed by atoms with E-state index in [2.05, 4.69) is 20.3 Å². The Bertz CT molecular complexity index is 1160. The highest BCUT2D eigenvalue weighted by Crippen LogP contribution is 2.34. The quantitative estimate of drug-likeness (QED) is 0.685. The molecule has 3 heterocycles. The van der Waals surface area contributed by atoms with Crippen molar-refractivity contribution in [3.63, 3.8) is 0 Å². The summed E-state index contributed by atoms with van der Waals surface area (Å²) in [4.78, 5) is 24.6. The fourth-order valence-electron chi connectivity index (χ4n) is 3.29. The molecule has 1 amide bonds. The first-order chi connectivity index (χ1) is 13.8. The molecule has 1 aromatic carbocycles. The van der Waals surface area contributed by atoms with Crippen LogP contribution in [0.1, 0.15) is 28.8 Å². The zero-order valence-corrected chi connectivity index (χ0v) is 15.9. The lowest BCUT2D eigenvalue weighted by Gasteiger charge is -2.31. The molecular weight excluding hydrogens is 402 g/mol. The van der Waals surface area contributed by atoms with Gasteiger partial charge in [-0.1, -0.05) is 11.6 Å². The van der Waals surface area contributed by atoms with Crippen LogP contribution in [-0.4, -0.2) is 26.3 Å². The Morgan fingerprint density at radius 2 is 2.07 bits per heavy atom. The second kappa shape index (κ2) is 6.93. The number of fused-ring (bicyclic) bond motifs is 1. The third-order valence-electron chi connectivity index (χ3n) is 4.62. The van der Waals surface area contributed by atoms with Gasteiger partial charge in [0, 0.05) is 29.8 Å². The van der Waals surface area contributed by atoms with Crippen molar-refractivity contribution in [2.24, 2.45) is 10.7 Å². The summed E-state index contributed by atoms with van der Waals surface area (Å²) < 4.78 is 30.4. The fraction of sp³-hybridized carbons (Fsp3) is 0.158. The Morgan fingerprint density at radius 3 is 2.83 bits per heavy atom. The van der Waals surface area contributed by atoms with Gasteiger partial charge in [-0.05, 0) is 31.2 Å². The van der Waals surface area contributed by atoms with Gasteiger partial charge >= 0.3 is 0 Å². The van der Waals surface area contributed by atoms with Gasteiger partial charge in [-0.3, -0.25) is 9.79 Å². The van der Waals surface area contributed by atoms with Crippen LogP contribution in [0.15, 0.2) is 47.8 Å². The zero-order valence-electron chi connectivity index (χ0n) is 15.2. The Labute approximate surface area is 169 Å². The lowest BCUT2D eigenvalue weighted by atomic mass is 9.90. The summed E-state index contributed by atoms with van der Waals surface area (Å²) in [6, 6.07) is 5.01. The van der Waals surface area contributed by atoms with Crippen LogP contribution in [0, 0.1) is 11.6 Å². The number of carbonyl (C=O) groups excluding carboxylic acids is 1. The number of amidine groups is 1. The second-order valence-electron chi connectivity index (χ2n) is 6.78. The van der Waals surface area contributed by atoms with E-state index in [0.29, 0.717) is 12.4 Å². The summed E-state index contributed by atoms with van der Waals surface area (Å²) in [7, 11) is 0. The van der Waals surface area contributed by atoms with Crippen LogP contribution in [0.4, 0.5) is 14.5 Å². The van der Waals surface area contributed by atoms with Crippen LogP contribution in [0.2, 0.25) is 5.02 Å². The number of hydrogen-bond donors (Lipinski definition) is 2. The minimum atomic E-state index is -1.02. The molecule has 1 aliphatic heterocycles. The lowest BCUT2D eigenvalue weighted by Crippen LogP contribution is -2.37. The van der Waals surface area contributed by atoms with E-state index in [-0.39, 0.29) is 22.1 Å². The molecule has 29 heavy (non-hydrogen) atoms. The highest BCUT2D eigenvalue weighted by Gasteiger charge is 2.35. The van der Waals surface area contributed by atoms with Gasteiger partial charge in [0.05, 0.1) is 11.6 Å². The smallest absolute Gasteiger partial charge is 0.277 e. The number of rotatable bonds is 3. The highest BCUT2D eigenvalue weighted by atomic mass is 35.5. The van der Waals surface area contributed by atoms with Crippen LogP contribution >= 0.6 is 11.6 Å². The normalized spacial score (nSPS) is 18.1. The first-order valence-corrected chi connectivity index (χ1v) is 8.94. The molecule has 0 saturated heterocycles. The third kappa shape index (κ3) is 3.44. The predicted octanol–water partition coefficient (Wildman–Crippen LogP) is 3.10. The van der Waals surface area contributed by atoms with Crippen LogP contribution in [0.25, 0.3) is 0 Å². The fourth-order valence-corrected chi connectivity index (χ4v) is 3.43. The topological polar surface area (TPSA) is 98.2 Å². The number of pyridine rings is 1. The molecule has 1 unspecified atom stereocenters. The maximum Gasteiger partial charge on any atom is 0.277 e. The number of aromatic nitrogens is 3. The van der Waals surface area contributed by atoms with Crippen LogP contribution in [0.5, 0.6) is 0 Å². The number of anilines is 1. The Morgan fingerprint density at radius 1 is 1.28 bits per heavy atom. The monoisotopic (exact) mass is 416 g/mol. The average Bonchev–Trinajstić information content (AvgIpc) is 3.11. The number of halogens is 3. The molecule has 0 bridgehead atoms. The standard InChI is InChI=1S/C19H15ClF2N6O/c1-19(9-28-5-4-24-17(28)16(23)27-19)12-7-11(2-3-13(12)21)26-18(29)15-14(22)6-10(20)8-25-15/h2-8H,9H2,1H3,(H2,23,27)(H,26,29). The maximum atomic E-state index is 14.7. The molecule has 7 nitrogen and oxygen atoms in total. The van der Waals surface area contributed by atoms with Gasteiger partial charge in [0.2, 0.25) is 0 Å². The number of imidazole rings is 1. The number of benzene rings is 1. The molecule has 2 aromatic heterocycles. The summed E-state index contributed by atoms with van der Waals surface area (Å²) in [6.45, 7) is 2.04. The van der Waals surface area contributed by atoms with Crippen molar-refractivity contribution in [2.45, 2.75) is 19.0 Å². The zero-order chi connectivity index (χ0) is 20.8. The van der Waals surface area contributed by atoms with Crippen LogP contribution < -0.4 is 11.1 Å². The number of aliphatic imine (C=N–C) groups is 1. The summed E-state index contributed by atoms with van der Waals surface area (Å²) >= 11 is 5.66. The van der Waals surface area contributed by atoms with Gasteiger partial charge < -0.3 is 15.6 Å². The van der Waals surface area contributed by atoms with Crippen LogP contribution in [-0.2, 0) is 12.1 Å². The molecule has 0 aliphatic carbocycles. The molecule has 0 spiro atoms. The minimum absolute atomic E-state index is 0.0719. The molecule has 0 saturated carbocycles. The van der Waals surface area contributed by atoms with Gasteiger partial charge in [0.25, 0.3) is 5.91 Å². The van der Waals surface area contributed by atoms with E-state index in [1.54, 1.807) is 23.9 Å². The van der Waals surface area contributed by atoms with Crippen molar-refractivity contribution in [3.05, 3.63) is 76.6 Å². The predicted molar refractivity (Wildman–Crippen MR) is 104 cm³/mol. The molecular formula is C19H15ClF2N6O. The average molecular weight is 417 g/mol. The number of nitrogens with one attached hydrogen (secondary N) is 1. The molecule has 3 aromatic rings. The molecule has 4 rings (SSSR count). The Kier molecular flexibility index (Phi) is 4.54. The largest absolute Gasteiger partial charge is 0.381 e. The van der Waals surface area contributed by atoms with Gasteiger partial charge in [-0.15, -0.1) is 0 Å². The number of nitrogens with zero attached hydrogens (tertiary/aromatic N) is 4. The number of hydrogen-bond acceptors (Lipinski definition) is 5. The summed E-state index contributed by atoms with van der Waals surface area (Å²) in [5.74, 6) is -1.46. The lowest BCUT2D eigenvalue weighted by molar-refractivity contribution is 0.101. The van der Waals surface area contributed by atoms with Crippen molar-refractivity contribution >= 4 is 29.0 Å². The molecule has 1 atom stereocenters. The molecule has 3 N–H and O–H groups in total. The summed E-state index contributed by atoms with van der Waals surface area (Å²) in [5.41, 5.74) is 5.03. The first-order valence-electron chi connectivity index (χ1n) is 8.56. The van der Waals surface area contributed by atoms with Gasteiger partial charge in [0.15, 0.2) is 23.2 Å². The highest BCUT2D eigenvalue weighted by molar-refractivity contribution is 6.30. The summed E-state index contributed by atoms with van der Waals surface area (Å²) in [5, 5.41) is 2.59. The van der Waals surface area contributed by atoms with Crippen molar-refractivity contribution in [3.8, 4) is 0 Å². The van der Waals surface area contributed by atoms with E-state index >= 15 is 0 Å². The van der Waals surface area contributed by atoms with Crippen molar-refractivity contribution < 1.29 is 13.6 Å². The molecule has 0 fully saturated rings. The second-order valence-corrected chi connectivity index (χ2v) is 7.22. The van der Waals surface area contributed by atoms with Gasteiger partial charge in [-0.2, -0.15) is 0 Å². The van der Waals surface area contributed by atoms with Crippen molar-refractivity contribution in [1.29, 1.82) is 0 Å². The van der Waals surface area contributed by atoms with E-state index in [4.69, 9.17) is 17.3 Å². The van der Waals surface area contributed by atoms with Crippen LogP contribution in [0.3, 0.4) is 0 Å². The maximum absolute atomic E-state index is 14.7. The van der Waals surface area contributed by atoms with E-state index in [1.807, 2.05) is 0 Å². The van der Waals surface area contributed by atoms with E-state index in [1.165, 1.54) is 24.4 Å². The van der Waals surface area contributed by atoms with Crippen molar-refractivity contribution in [1.82, 2.24) is 14.5 Å². The van der Waals surface area contributed by atoms with Gasteiger partial charge in [0.1, 0.15) is 11.4 Å². The van der Waals surface area contributed by atoms with E-state index < -0.39 is 28.8 Å². The van der Waals surface area contributed by atoms with E-state index in [9.17, 15) is 13.6 Å². The Balaban J connectivity index is 1.66.